The number of benzene rings is 1. The van der Waals surface area contributed by atoms with Crippen molar-refractivity contribution in [1.82, 2.24) is 4.98 Å². The summed E-state index contributed by atoms with van der Waals surface area (Å²) in [6, 6.07) is 10.0. The number of halogens is 1. The first-order valence-corrected chi connectivity index (χ1v) is 6.67. The molecule has 0 saturated heterocycles. The summed E-state index contributed by atoms with van der Waals surface area (Å²) in [7, 11) is 0. The van der Waals surface area contributed by atoms with Gasteiger partial charge in [-0.05, 0) is 56.2 Å². The lowest BCUT2D eigenvalue weighted by atomic mass is 10.1. The smallest absolute Gasteiger partial charge is 0.130 e. The van der Waals surface area contributed by atoms with E-state index >= 15 is 0 Å². The minimum Gasteiger partial charge on any atom is -0.487 e. The van der Waals surface area contributed by atoms with Gasteiger partial charge in [0, 0.05) is 10.2 Å². The van der Waals surface area contributed by atoms with Crippen LogP contribution in [0, 0.1) is 20.8 Å². The van der Waals surface area contributed by atoms with E-state index in [0.717, 1.165) is 21.6 Å². The monoisotopic (exact) mass is 305 g/mol. The molecule has 0 amide bonds. The third-order valence-electron chi connectivity index (χ3n) is 2.74. The summed E-state index contributed by atoms with van der Waals surface area (Å²) in [6.45, 7) is 6.61. The van der Waals surface area contributed by atoms with Crippen molar-refractivity contribution >= 4 is 15.9 Å². The number of pyridine rings is 1. The standard InChI is InChI=1S/C15H16BrNO/c1-10-7-14(8-11(2)15(10)16)18-9-13-6-4-5-12(3)17-13/h4-8H,9H2,1-3H3. The van der Waals surface area contributed by atoms with Crippen LogP contribution in [0.15, 0.2) is 34.8 Å². The molecule has 0 atom stereocenters. The molecule has 18 heavy (non-hydrogen) atoms. The van der Waals surface area contributed by atoms with Gasteiger partial charge >= 0.3 is 0 Å². The Bertz CT molecular complexity index is 543. The van der Waals surface area contributed by atoms with Crippen molar-refractivity contribution in [3.8, 4) is 5.75 Å². The van der Waals surface area contributed by atoms with Crippen molar-refractivity contribution in [3.05, 3.63) is 57.3 Å². The lowest BCUT2D eigenvalue weighted by Crippen LogP contribution is -1.99. The summed E-state index contributed by atoms with van der Waals surface area (Å²) in [4.78, 5) is 4.42. The number of aryl methyl sites for hydroxylation is 3. The van der Waals surface area contributed by atoms with Crippen LogP contribution in [-0.2, 0) is 6.61 Å². The Balaban J connectivity index is 2.11. The Morgan fingerprint density at radius 1 is 1.11 bits per heavy atom. The quantitative estimate of drug-likeness (QED) is 0.841. The van der Waals surface area contributed by atoms with Crippen molar-refractivity contribution in [2.75, 3.05) is 0 Å². The van der Waals surface area contributed by atoms with E-state index < -0.39 is 0 Å². The molecule has 0 fully saturated rings. The van der Waals surface area contributed by atoms with E-state index in [2.05, 4.69) is 34.8 Å². The van der Waals surface area contributed by atoms with Crippen molar-refractivity contribution in [1.29, 1.82) is 0 Å². The van der Waals surface area contributed by atoms with Crippen LogP contribution in [0.25, 0.3) is 0 Å². The number of ether oxygens (including phenoxy) is 1. The first-order chi connectivity index (χ1) is 8.56. The number of rotatable bonds is 3. The van der Waals surface area contributed by atoms with Crippen LogP contribution in [0.2, 0.25) is 0 Å². The number of nitrogens with zero attached hydrogens (tertiary/aromatic N) is 1. The van der Waals surface area contributed by atoms with Crippen LogP contribution in [-0.4, -0.2) is 4.98 Å². The van der Waals surface area contributed by atoms with Gasteiger partial charge in [-0.15, -0.1) is 0 Å². The van der Waals surface area contributed by atoms with Gasteiger partial charge in [-0.25, -0.2) is 0 Å². The number of hydrogen-bond acceptors (Lipinski definition) is 2. The maximum atomic E-state index is 5.78. The highest BCUT2D eigenvalue weighted by Gasteiger charge is 2.04. The molecular weight excluding hydrogens is 290 g/mol. The molecule has 94 valence electrons. The fourth-order valence-electron chi connectivity index (χ4n) is 1.83. The van der Waals surface area contributed by atoms with E-state index in [9.17, 15) is 0 Å². The third kappa shape index (κ3) is 3.10. The molecule has 0 N–H and O–H groups in total. The van der Waals surface area contributed by atoms with Gasteiger partial charge < -0.3 is 4.74 Å². The highest BCUT2D eigenvalue weighted by molar-refractivity contribution is 9.10. The lowest BCUT2D eigenvalue weighted by Gasteiger charge is -2.10. The molecule has 2 nitrogen and oxygen atoms in total. The zero-order valence-corrected chi connectivity index (χ0v) is 12.4. The second kappa shape index (κ2) is 5.53. The van der Waals surface area contributed by atoms with Gasteiger partial charge in [-0.2, -0.15) is 0 Å². The van der Waals surface area contributed by atoms with Gasteiger partial charge in [0.05, 0.1) is 5.69 Å². The average molecular weight is 306 g/mol. The Hall–Kier alpha value is -1.35. The predicted molar refractivity (Wildman–Crippen MR) is 76.9 cm³/mol. The van der Waals surface area contributed by atoms with Crippen LogP contribution < -0.4 is 4.74 Å². The molecule has 0 aliphatic rings. The molecular formula is C15H16BrNO. The number of hydrogen-bond donors (Lipinski definition) is 0. The van der Waals surface area contributed by atoms with Crippen LogP contribution in [0.1, 0.15) is 22.5 Å². The SMILES string of the molecule is Cc1cccc(COc2cc(C)c(Br)c(C)c2)n1. The summed E-state index contributed by atoms with van der Waals surface area (Å²) < 4.78 is 6.92. The maximum absolute atomic E-state index is 5.78. The van der Waals surface area contributed by atoms with Crippen molar-refractivity contribution < 1.29 is 4.74 Å². The normalized spacial score (nSPS) is 10.4. The summed E-state index contributed by atoms with van der Waals surface area (Å²) in [5.74, 6) is 0.886. The van der Waals surface area contributed by atoms with Crippen molar-refractivity contribution in [2.24, 2.45) is 0 Å². The molecule has 1 aromatic carbocycles. The lowest BCUT2D eigenvalue weighted by molar-refractivity contribution is 0.300. The van der Waals surface area contributed by atoms with Crippen LogP contribution in [0.3, 0.4) is 0 Å². The van der Waals surface area contributed by atoms with E-state index in [-0.39, 0.29) is 0 Å². The first-order valence-electron chi connectivity index (χ1n) is 5.88. The third-order valence-corrected chi connectivity index (χ3v) is 3.99. The first kappa shape index (κ1) is 13.1. The molecule has 0 aliphatic heterocycles. The molecule has 0 aliphatic carbocycles. The van der Waals surface area contributed by atoms with Gasteiger partial charge in [0.15, 0.2) is 0 Å². The van der Waals surface area contributed by atoms with E-state index in [1.54, 1.807) is 0 Å². The summed E-state index contributed by atoms with van der Waals surface area (Å²) in [5.41, 5.74) is 4.33. The fraction of sp³-hybridized carbons (Fsp3) is 0.267. The van der Waals surface area contributed by atoms with E-state index in [4.69, 9.17) is 4.74 Å². The van der Waals surface area contributed by atoms with Crippen molar-refractivity contribution in [2.45, 2.75) is 27.4 Å². The predicted octanol–water partition coefficient (Wildman–Crippen LogP) is 4.35. The zero-order chi connectivity index (χ0) is 13.1. The Morgan fingerprint density at radius 3 is 2.39 bits per heavy atom. The topological polar surface area (TPSA) is 22.1 Å². The highest BCUT2D eigenvalue weighted by Crippen LogP contribution is 2.26. The average Bonchev–Trinajstić information content (AvgIpc) is 2.33. The Kier molecular flexibility index (Phi) is 4.02. The second-order valence-electron chi connectivity index (χ2n) is 4.43. The molecule has 1 heterocycles. The maximum Gasteiger partial charge on any atom is 0.130 e. The summed E-state index contributed by atoms with van der Waals surface area (Å²) in [5, 5.41) is 0. The van der Waals surface area contributed by atoms with Gasteiger partial charge in [0.2, 0.25) is 0 Å². The second-order valence-corrected chi connectivity index (χ2v) is 5.22. The minimum absolute atomic E-state index is 0.502. The summed E-state index contributed by atoms with van der Waals surface area (Å²) in [6.07, 6.45) is 0. The molecule has 2 aromatic rings. The molecule has 3 heteroatoms. The molecule has 0 bridgehead atoms. The van der Waals surface area contributed by atoms with Gasteiger partial charge in [-0.1, -0.05) is 22.0 Å². The minimum atomic E-state index is 0.502. The molecule has 2 rings (SSSR count). The van der Waals surface area contributed by atoms with E-state index in [1.165, 1.54) is 11.1 Å². The molecule has 0 unspecified atom stereocenters. The Morgan fingerprint density at radius 2 is 1.78 bits per heavy atom. The molecule has 0 saturated carbocycles. The molecule has 0 radical (unpaired) electrons. The molecule has 1 aromatic heterocycles. The van der Waals surface area contributed by atoms with E-state index in [0.29, 0.717) is 6.61 Å². The zero-order valence-electron chi connectivity index (χ0n) is 10.8. The summed E-state index contributed by atoms with van der Waals surface area (Å²) >= 11 is 3.55. The van der Waals surface area contributed by atoms with Gasteiger partial charge in [-0.3, -0.25) is 4.98 Å². The Labute approximate surface area is 116 Å². The highest BCUT2D eigenvalue weighted by atomic mass is 79.9. The van der Waals surface area contributed by atoms with E-state index in [1.807, 2.05) is 37.3 Å². The van der Waals surface area contributed by atoms with Gasteiger partial charge in [0.1, 0.15) is 12.4 Å². The fourth-order valence-corrected chi connectivity index (χ4v) is 2.06. The van der Waals surface area contributed by atoms with Gasteiger partial charge in [0.25, 0.3) is 0 Å². The largest absolute Gasteiger partial charge is 0.487 e. The van der Waals surface area contributed by atoms with Crippen LogP contribution in [0.5, 0.6) is 5.75 Å². The van der Waals surface area contributed by atoms with Crippen LogP contribution >= 0.6 is 15.9 Å². The van der Waals surface area contributed by atoms with Crippen molar-refractivity contribution in [3.63, 3.8) is 0 Å². The van der Waals surface area contributed by atoms with Crippen LogP contribution in [0.4, 0.5) is 0 Å². The number of aromatic nitrogens is 1. The molecule has 0 spiro atoms.